The van der Waals surface area contributed by atoms with Crippen molar-refractivity contribution < 1.29 is 22.7 Å². The summed E-state index contributed by atoms with van der Waals surface area (Å²) in [6.07, 6.45) is -4.45. The fourth-order valence-corrected chi connectivity index (χ4v) is 2.07. The Morgan fingerprint density at radius 1 is 1.13 bits per heavy atom. The van der Waals surface area contributed by atoms with Crippen LogP contribution in [0.2, 0.25) is 0 Å². The van der Waals surface area contributed by atoms with E-state index < -0.39 is 17.6 Å². The Hall–Kier alpha value is -2.50. The molecule has 0 spiro atoms. The maximum absolute atomic E-state index is 12.6. The molecule has 0 aliphatic rings. The molecule has 23 heavy (non-hydrogen) atoms. The van der Waals surface area contributed by atoms with Crippen LogP contribution in [0.25, 0.3) is 0 Å². The van der Waals surface area contributed by atoms with Crippen molar-refractivity contribution in [2.75, 3.05) is 11.9 Å². The molecule has 0 bridgehead atoms. The molecule has 0 fully saturated rings. The first-order valence-electron chi connectivity index (χ1n) is 6.93. The molecule has 0 radical (unpaired) electrons. The Morgan fingerprint density at radius 3 is 2.52 bits per heavy atom. The molecule has 6 heteroatoms. The van der Waals surface area contributed by atoms with E-state index in [1.807, 2.05) is 26.0 Å². The molecule has 2 rings (SSSR count). The number of ether oxygens (including phenoxy) is 1. The lowest BCUT2D eigenvalue weighted by Gasteiger charge is -2.11. The first-order valence-corrected chi connectivity index (χ1v) is 6.93. The van der Waals surface area contributed by atoms with Crippen molar-refractivity contribution in [1.29, 1.82) is 0 Å². The molecular formula is C17H16F3NO2. The molecule has 3 nitrogen and oxygen atoms in total. The van der Waals surface area contributed by atoms with Gasteiger partial charge in [0.1, 0.15) is 5.75 Å². The third-order valence-corrected chi connectivity index (χ3v) is 3.16. The predicted molar refractivity (Wildman–Crippen MR) is 81.5 cm³/mol. The molecule has 0 atom stereocenters. The van der Waals surface area contributed by atoms with Crippen LogP contribution in [0.4, 0.5) is 18.9 Å². The van der Waals surface area contributed by atoms with Gasteiger partial charge in [0.15, 0.2) is 6.61 Å². The number of benzene rings is 2. The van der Waals surface area contributed by atoms with Gasteiger partial charge >= 0.3 is 6.18 Å². The van der Waals surface area contributed by atoms with Crippen molar-refractivity contribution in [2.24, 2.45) is 0 Å². The van der Waals surface area contributed by atoms with Gasteiger partial charge in [-0.2, -0.15) is 13.2 Å². The zero-order valence-electron chi connectivity index (χ0n) is 12.7. The number of carbonyl (C=O) groups is 1. The highest BCUT2D eigenvalue weighted by atomic mass is 19.4. The normalized spacial score (nSPS) is 11.2. The summed E-state index contributed by atoms with van der Waals surface area (Å²) in [6, 6.07) is 9.99. The van der Waals surface area contributed by atoms with Gasteiger partial charge in [-0.05, 0) is 43.7 Å². The van der Waals surface area contributed by atoms with Gasteiger partial charge in [0.25, 0.3) is 5.91 Å². The second-order valence-electron chi connectivity index (χ2n) is 5.18. The maximum atomic E-state index is 12.6. The average Bonchev–Trinajstić information content (AvgIpc) is 2.45. The second kappa shape index (κ2) is 6.73. The van der Waals surface area contributed by atoms with Crippen molar-refractivity contribution in [3.8, 4) is 5.75 Å². The molecular weight excluding hydrogens is 307 g/mol. The number of nitrogens with one attached hydrogen (secondary N) is 1. The summed E-state index contributed by atoms with van der Waals surface area (Å²) in [5.74, 6) is 0.0408. The van der Waals surface area contributed by atoms with Crippen LogP contribution in [-0.4, -0.2) is 12.5 Å². The van der Waals surface area contributed by atoms with Crippen LogP contribution >= 0.6 is 0 Å². The minimum Gasteiger partial charge on any atom is -0.483 e. The summed E-state index contributed by atoms with van der Waals surface area (Å²) < 4.78 is 43.2. The predicted octanol–water partition coefficient (Wildman–Crippen LogP) is 4.34. The molecule has 1 amide bonds. The largest absolute Gasteiger partial charge is 0.483 e. The molecule has 0 heterocycles. The van der Waals surface area contributed by atoms with E-state index in [9.17, 15) is 18.0 Å². The van der Waals surface area contributed by atoms with Crippen molar-refractivity contribution in [3.63, 3.8) is 0 Å². The first kappa shape index (κ1) is 16.9. The third kappa shape index (κ3) is 4.74. The summed E-state index contributed by atoms with van der Waals surface area (Å²) >= 11 is 0. The quantitative estimate of drug-likeness (QED) is 0.909. The van der Waals surface area contributed by atoms with Gasteiger partial charge < -0.3 is 10.1 Å². The average molecular weight is 323 g/mol. The van der Waals surface area contributed by atoms with Crippen LogP contribution in [0.5, 0.6) is 5.75 Å². The number of carbonyl (C=O) groups excluding carboxylic acids is 1. The number of amides is 1. The Labute approximate surface area is 132 Å². The highest BCUT2D eigenvalue weighted by Crippen LogP contribution is 2.30. The SMILES string of the molecule is Cc1ccc(OCC(=O)Nc2cccc(C(F)(F)F)c2)c(C)c1. The van der Waals surface area contributed by atoms with Crippen molar-refractivity contribution in [3.05, 3.63) is 59.2 Å². The lowest BCUT2D eigenvalue weighted by atomic mass is 10.1. The standard InChI is InChI=1S/C17H16F3NO2/c1-11-6-7-15(12(2)8-11)23-10-16(22)21-14-5-3-4-13(9-14)17(18,19)20/h3-9H,10H2,1-2H3,(H,21,22). The summed E-state index contributed by atoms with van der Waals surface area (Å²) in [5, 5.41) is 2.39. The number of hydrogen-bond donors (Lipinski definition) is 1. The number of hydrogen-bond acceptors (Lipinski definition) is 2. The highest BCUT2D eigenvalue weighted by Gasteiger charge is 2.30. The minimum atomic E-state index is -4.45. The van der Waals surface area contributed by atoms with E-state index in [0.29, 0.717) is 5.75 Å². The van der Waals surface area contributed by atoms with Gasteiger partial charge in [0.2, 0.25) is 0 Å². The number of halogens is 3. The summed E-state index contributed by atoms with van der Waals surface area (Å²) in [4.78, 5) is 11.8. The molecule has 2 aromatic carbocycles. The monoisotopic (exact) mass is 323 g/mol. The first-order chi connectivity index (χ1) is 10.8. The van der Waals surface area contributed by atoms with Crippen LogP contribution in [0.1, 0.15) is 16.7 Å². The molecule has 0 unspecified atom stereocenters. The van der Waals surface area contributed by atoms with E-state index in [-0.39, 0.29) is 12.3 Å². The smallest absolute Gasteiger partial charge is 0.416 e. The van der Waals surface area contributed by atoms with E-state index in [1.54, 1.807) is 6.07 Å². The van der Waals surface area contributed by atoms with E-state index in [4.69, 9.17) is 4.74 Å². The minimum absolute atomic E-state index is 0.0778. The van der Waals surface area contributed by atoms with Crippen LogP contribution < -0.4 is 10.1 Å². The van der Waals surface area contributed by atoms with Gasteiger partial charge in [-0.25, -0.2) is 0 Å². The topological polar surface area (TPSA) is 38.3 Å². The molecule has 0 saturated carbocycles. The summed E-state index contributed by atoms with van der Waals surface area (Å²) in [6.45, 7) is 3.52. The van der Waals surface area contributed by atoms with Gasteiger partial charge in [-0.1, -0.05) is 23.8 Å². The Balaban J connectivity index is 1.97. The summed E-state index contributed by atoms with van der Waals surface area (Å²) in [7, 11) is 0. The molecule has 0 aliphatic carbocycles. The Kier molecular flexibility index (Phi) is 4.93. The highest BCUT2D eigenvalue weighted by molar-refractivity contribution is 5.91. The molecule has 0 aliphatic heterocycles. The molecule has 2 aromatic rings. The van der Waals surface area contributed by atoms with Crippen LogP contribution in [0.3, 0.4) is 0 Å². The van der Waals surface area contributed by atoms with Gasteiger partial charge in [0.05, 0.1) is 5.56 Å². The lowest BCUT2D eigenvalue weighted by Crippen LogP contribution is -2.20. The fraction of sp³-hybridized carbons (Fsp3) is 0.235. The number of rotatable bonds is 4. The zero-order valence-corrected chi connectivity index (χ0v) is 12.7. The lowest BCUT2D eigenvalue weighted by molar-refractivity contribution is -0.137. The molecule has 0 saturated heterocycles. The van der Waals surface area contributed by atoms with E-state index >= 15 is 0 Å². The molecule has 0 aromatic heterocycles. The Bertz CT molecular complexity index is 711. The van der Waals surface area contributed by atoms with Crippen molar-refractivity contribution >= 4 is 11.6 Å². The summed E-state index contributed by atoms with van der Waals surface area (Å²) in [5.41, 5.74) is 1.22. The molecule has 1 N–H and O–H groups in total. The maximum Gasteiger partial charge on any atom is 0.416 e. The van der Waals surface area contributed by atoms with Crippen LogP contribution in [-0.2, 0) is 11.0 Å². The fourth-order valence-electron chi connectivity index (χ4n) is 2.07. The van der Waals surface area contributed by atoms with Crippen molar-refractivity contribution in [1.82, 2.24) is 0 Å². The van der Waals surface area contributed by atoms with Crippen LogP contribution in [0, 0.1) is 13.8 Å². The van der Waals surface area contributed by atoms with Crippen molar-refractivity contribution in [2.45, 2.75) is 20.0 Å². The number of anilines is 1. The second-order valence-corrected chi connectivity index (χ2v) is 5.18. The van der Waals surface area contributed by atoms with E-state index in [0.717, 1.165) is 23.3 Å². The zero-order chi connectivity index (χ0) is 17.0. The van der Waals surface area contributed by atoms with E-state index in [2.05, 4.69) is 5.32 Å². The van der Waals surface area contributed by atoms with Gasteiger partial charge in [-0.3, -0.25) is 4.79 Å². The van der Waals surface area contributed by atoms with Gasteiger partial charge in [0, 0.05) is 5.69 Å². The van der Waals surface area contributed by atoms with Gasteiger partial charge in [-0.15, -0.1) is 0 Å². The number of alkyl halides is 3. The molecule has 122 valence electrons. The Morgan fingerprint density at radius 2 is 1.87 bits per heavy atom. The third-order valence-electron chi connectivity index (χ3n) is 3.16. The number of aryl methyl sites for hydroxylation is 2. The van der Waals surface area contributed by atoms with Crippen LogP contribution in [0.15, 0.2) is 42.5 Å². The van der Waals surface area contributed by atoms with E-state index in [1.165, 1.54) is 12.1 Å².